The molecule has 0 bridgehead atoms. The first-order valence-corrected chi connectivity index (χ1v) is 7.08. The fourth-order valence-electron chi connectivity index (χ4n) is 1.68. The van der Waals surface area contributed by atoms with E-state index in [0.717, 1.165) is 6.07 Å². The molecule has 0 saturated carbocycles. The lowest BCUT2D eigenvalue weighted by Gasteiger charge is -2.21. The first-order valence-electron chi connectivity index (χ1n) is 5.80. The number of nitro groups is 1. The molecule has 0 aliphatic heterocycles. The number of benzene rings is 1. The molecule has 1 aromatic rings. The molecule has 106 valence electrons. The fourth-order valence-corrected chi connectivity index (χ4v) is 2.34. The van der Waals surface area contributed by atoms with E-state index in [2.05, 4.69) is 5.32 Å². The molecule has 19 heavy (non-hydrogen) atoms. The van der Waals surface area contributed by atoms with E-state index in [1.807, 2.05) is 13.2 Å². The summed E-state index contributed by atoms with van der Waals surface area (Å²) in [7, 11) is 0. The minimum absolute atomic E-state index is 0.00163. The van der Waals surface area contributed by atoms with Gasteiger partial charge in [0, 0.05) is 29.5 Å². The predicted molar refractivity (Wildman–Crippen MR) is 73.7 cm³/mol. The van der Waals surface area contributed by atoms with E-state index < -0.39 is 16.4 Å². The van der Waals surface area contributed by atoms with Gasteiger partial charge in [0.15, 0.2) is 0 Å². The number of aliphatic hydroxyl groups is 1. The van der Waals surface area contributed by atoms with Gasteiger partial charge in [-0.05, 0) is 13.2 Å². The average molecular weight is 288 g/mol. The van der Waals surface area contributed by atoms with Crippen molar-refractivity contribution >= 4 is 17.4 Å². The van der Waals surface area contributed by atoms with E-state index >= 15 is 0 Å². The van der Waals surface area contributed by atoms with Gasteiger partial charge in [0.2, 0.25) is 5.82 Å². The average Bonchev–Trinajstić information content (AvgIpc) is 2.38. The number of nitro benzene ring substituents is 1. The van der Waals surface area contributed by atoms with Gasteiger partial charge in [0.1, 0.15) is 0 Å². The van der Waals surface area contributed by atoms with Crippen LogP contribution in [0.4, 0.5) is 10.1 Å². The number of hydrogen-bond acceptors (Lipinski definition) is 5. The van der Waals surface area contributed by atoms with Crippen molar-refractivity contribution < 1.29 is 14.4 Å². The molecule has 7 heteroatoms. The largest absolute Gasteiger partial charge is 0.395 e. The van der Waals surface area contributed by atoms with Crippen LogP contribution >= 0.6 is 11.8 Å². The Morgan fingerprint density at radius 3 is 2.79 bits per heavy atom. The van der Waals surface area contributed by atoms with Gasteiger partial charge in [-0.3, -0.25) is 10.1 Å². The third-order valence-corrected chi connectivity index (χ3v) is 4.07. The number of rotatable bonds is 7. The third-order valence-electron chi connectivity index (χ3n) is 2.91. The van der Waals surface area contributed by atoms with Crippen molar-refractivity contribution in [2.45, 2.75) is 24.8 Å². The highest BCUT2D eigenvalue weighted by molar-refractivity contribution is 7.99. The van der Waals surface area contributed by atoms with Crippen LogP contribution < -0.4 is 5.32 Å². The van der Waals surface area contributed by atoms with Gasteiger partial charge in [-0.2, -0.15) is 16.2 Å². The van der Waals surface area contributed by atoms with Crippen molar-refractivity contribution in [2.24, 2.45) is 0 Å². The summed E-state index contributed by atoms with van der Waals surface area (Å²) in [5, 5.41) is 22.8. The van der Waals surface area contributed by atoms with Gasteiger partial charge in [-0.15, -0.1) is 0 Å². The van der Waals surface area contributed by atoms with Gasteiger partial charge in [-0.25, -0.2) is 0 Å². The van der Waals surface area contributed by atoms with Crippen LogP contribution in [0.2, 0.25) is 0 Å². The number of aliphatic hydroxyl groups excluding tert-OH is 1. The minimum atomic E-state index is -0.808. The molecular weight excluding hydrogens is 271 g/mol. The lowest BCUT2D eigenvalue weighted by atomic mass is 10.1. The molecule has 2 N–H and O–H groups in total. The molecule has 0 spiro atoms. The van der Waals surface area contributed by atoms with Crippen LogP contribution in [0.5, 0.6) is 0 Å². The molecule has 0 aliphatic rings. The van der Waals surface area contributed by atoms with Crippen LogP contribution in [0, 0.1) is 15.9 Å². The fraction of sp³-hybridized carbons (Fsp3) is 0.500. The van der Waals surface area contributed by atoms with E-state index in [-0.39, 0.29) is 30.0 Å². The van der Waals surface area contributed by atoms with Gasteiger partial charge in [0.25, 0.3) is 0 Å². The smallest absolute Gasteiger partial charge is 0.305 e. The zero-order valence-electron chi connectivity index (χ0n) is 10.8. The summed E-state index contributed by atoms with van der Waals surface area (Å²) in [6.07, 6.45) is 1.88. The van der Waals surface area contributed by atoms with Crippen molar-refractivity contribution in [3.63, 3.8) is 0 Å². The van der Waals surface area contributed by atoms with Crippen molar-refractivity contribution in [2.75, 3.05) is 12.9 Å². The summed E-state index contributed by atoms with van der Waals surface area (Å²) in [5.41, 5.74) is -0.269. The normalized spacial score (nSPS) is 14.1. The standard InChI is InChI=1S/C12H17FN2O3S/c1-8(11(7-16)19-2)14-6-9-4-3-5-10(12(9)13)15(17)18/h3-5,8,11,14,16H,6-7H2,1-2H3. The zero-order valence-corrected chi connectivity index (χ0v) is 11.6. The van der Waals surface area contributed by atoms with Crippen LogP contribution in [0.1, 0.15) is 12.5 Å². The van der Waals surface area contributed by atoms with Crippen molar-refractivity contribution in [3.8, 4) is 0 Å². The van der Waals surface area contributed by atoms with Crippen molar-refractivity contribution in [1.29, 1.82) is 0 Å². The number of nitrogens with one attached hydrogen (secondary N) is 1. The number of hydrogen-bond donors (Lipinski definition) is 2. The molecule has 0 fully saturated rings. The maximum atomic E-state index is 13.8. The van der Waals surface area contributed by atoms with Gasteiger partial charge in [-0.1, -0.05) is 12.1 Å². The Labute approximate surface area is 115 Å². The predicted octanol–water partition coefficient (Wildman–Crippen LogP) is 1.94. The second-order valence-electron chi connectivity index (χ2n) is 4.13. The first kappa shape index (κ1) is 15.9. The minimum Gasteiger partial charge on any atom is -0.395 e. The highest BCUT2D eigenvalue weighted by atomic mass is 32.2. The van der Waals surface area contributed by atoms with Crippen LogP contribution in [0.3, 0.4) is 0 Å². The second-order valence-corrected chi connectivity index (χ2v) is 5.21. The molecule has 0 radical (unpaired) electrons. The van der Waals surface area contributed by atoms with E-state index in [0.29, 0.717) is 0 Å². The summed E-state index contributed by atoms with van der Waals surface area (Å²) in [6, 6.07) is 4.08. The molecule has 2 atom stereocenters. The number of halogens is 1. The Hall–Kier alpha value is -1.18. The van der Waals surface area contributed by atoms with E-state index in [1.54, 1.807) is 0 Å². The Morgan fingerprint density at radius 1 is 1.58 bits per heavy atom. The highest BCUT2D eigenvalue weighted by Gasteiger charge is 2.19. The SMILES string of the molecule is CSC(CO)C(C)NCc1cccc([N+](=O)[O-])c1F. The lowest BCUT2D eigenvalue weighted by Crippen LogP contribution is -2.37. The molecule has 0 amide bonds. The second kappa shape index (κ2) is 7.42. The lowest BCUT2D eigenvalue weighted by molar-refractivity contribution is -0.387. The highest BCUT2D eigenvalue weighted by Crippen LogP contribution is 2.20. The van der Waals surface area contributed by atoms with E-state index in [4.69, 9.17) is 5.11 Å². The van der Waals surface area contributed by atoms with Gasteiger partial charge in [0.05, 0.1) is 11.5 Å². The number of nitrogens with zero attached hydrogens (tertiary/aromatic N) is 1. The Bertz CT molecular complexity index is 441. The van der Waals surface area contributed by atoms with Crippen LogP contribution in [0.15, 0.2) is 18.2 Å². The molecule has 0 saturated heterocycles. The molecule has 5 nitrogen and oxygen atoms in total. The summed E-state index contributed by atoms with van der Waals surface area (Å²) < 4.78 is 13.8. The monoisotopic (exact) mass is 288 g/mol. The molecule has 1 aromatic carbocycles. The van der Waals surface area contributed by atoms with Crippen molar-refractivity contribution in [3.05, 3.63) is 39.7 Å². The van der Waals surface area contributed by atoms with Crippen LogP contribution in [0.25, 0.3) is 0 Å². The Balaban J connectivity index is 2.73. The first-order chi connectivity index (χ1) is 9.01. The molecule has 0 heterocycles. The third kappa shape index (κ3) is 4.15. The van der Waals surface area contributed by atoms with E-state index in [1.165, 1.54) is 23.9 Å². The van der Waals surface area contributed by atoms with Gasteiger partial charge < -0.3 is 10.4 Å². The molecule has 0 aromatic heterocycles. The summed E-state index contributed by atoms with van der Waals surface area (Å²) in [5.74, 6) is -0.808. The summed E-state index contributed by atoms with van der Waals surface area (Å²) in [6.45, 7) is 2.09. The maximum absolute atomic E-state index is 13.8. The Kier molecular flexibility index (Phi) is 6.20. The zero-order chi connectivity index (χ0) is 14.4. The quantitative estimate of drug-likeness (QED) is 0.592. The molecule has 0 aliphatic carbocycles. The summed E-state index contributed by atoms with van der Waals surface area (Å²) >= 11 is 1.51. The van der Waals surface area contributed by atoms with E-state index in [9.17, 15) is 14.5 Å². The summed E-state index contributed by atoms with van der Waals surface area (Å²) in [4.78, 5) is 9.89. The molecular formula is C12H17FN2O3S. The van der Waals surface area contributed by atoms with Crippen LogP contribution in [-0.4, -0.2) is 34.2 Å². The Morgan fingerprint density at radius 2 is 2.26 bits per heavy atom. The topological polar surface area (TPSA) is 75.4 Å². The van der Waals surface area contributed by atoms with Crippen molar-refractivity contribution in [1.82, 2.24) is 5.32 Å². The maximum Gasteiger partial charge on any atom is 0.305 e. The molecule has 1 rings (SSSR count). The van der Waals surface area contributed by atoms with Crippen LogP contribution in [-0.2, 0) is 6.54 Å². The molecule has 2 unspecified atom stereocenters. The number of thioether (sulfide) groups is 1. The van der Waals surface area contributed by atoms with Gasteiger partial charge >= 0.3 is 5.69 Å².